The second-order valence-corrected chi connectivity index (χ2v) is 9.27. The number of nitrogens with one attached hydrogen (secondary N) is 1. The van der Waals surface area contributed by atoms with E-state index < -0.39 is 10.0 Å². The Kier molecular flexibility index (Phi) is 5.98. The van der Waals surface area contributed by atoms with E-state index >= 15 is 0 Å². The first kappa shape index (κ1) is 21.6. The quantitative estimate of drug-likeness (QED) is 0.374. The van der Waals surface area contributed by atoms with Crippen molar-refractivity contribution >= 4 is 38.0 Å². The van der Waals surface area contributed by atoms with E-state index in [0.717, 1.165) is 22.7 Å². The number of nitrogens with two attached hydrogens (primary N) is 1. The van der Waals surface area contributed by atoms with Gasteiger partial charge in [-0.1, -0.05) is 48.5 Å². The van der Waals surface area contributed by atoms with E-state index in [1.54, 1.807) is 24.3 Å². The molecule has 4 N–H and O–H groups in total. The average Bonchev–Trinajstić information content (AvgIpc) is 3.12. The van der Waals surface area contributed by atoms with Crippen molar-refractivity contribution in [1.29, 1.82) is 0 Å². The summed E-state index contributed by atoms with van der Waals surface area (Å²) in [6.45, 7) is 0.408. The standard InChI is InChI=1S/C24H24N4O3S/c1-32(30,31)28(16-15-25)19-13-11-18(12-14-19)26-23(17-7-3-2-4-8-17)22-20-9-5-6-10-21(20)27-24(22)29/h2-14,27,29H,15-16,25H2,1H3. The summed E-state index contributed by atoms with van der Waals surface area (Å²) in [7, 11) is -3.44. The zero-order valence-corrected chi connectivity index (χ0v) is 18.4. The van der Waals surface area contributed by atoms with E-state index in [2.05, 4.69) is 4.98 Å². The summed E-state index contributed by atoms with van der Waals surface area (Å²) >= 11 is 0. The van der Waals surface area contributed by atoms with Gasteiger partial charge < -0.3 is 15.8 Å². The van der Waals surface area contributed by atoms with Gasteiger partial charge in [-0.15, -0.1) is 0 Å². The fourth-order valence-electron chi connectivity index (χ4n) is 3.65. The molecule has 0 unspecified atom stereocenters. The minimum atomic E-state index is -3.44. The molecule has 7 nitrogen and oxygen atoms in total. The highest BCUT2D eigenvalue weighted by atomic mass is 32.2. The summed E-state index contributed by atoms with van der Waals surface area (Å²) in [6, 6.07) is 24.1. The first-order chi connectivity index (χ1) is 15.4. The number of aromatic nitrogens is 1. The molecule has 0 spiro atoms. The molecule has 0 fully saturated rings. The van der Waals surface area contributed by atoms with E-state index in [1.807, 2.05) is 54.6 Å². The van der Waals surface area contributed by atoms with Crippen LogP contribution in [0.2, 0.25) is 0 Å². The molecule has 0 aliphatic rings. The van der Waals surface area contributed by atoms with Crippen LogP contribution >= 0.6 is 0 Å². The number of aromatic amines is 1. The summed E-state index contributed by atoms with van der Waals surface area (Å²) in [5, 5.41) is 11.5. The molecule has 0 bridgehead atoms. The lowest BCUT2D eigenvalue weighted by atomic mass is 10.0. The van der Waals surface area contributed by atoms with Crippen LogP contribution in [0.25, 0.3) is 10.9 Å². The Labute approximate surface area is 186 Å². The fourth-order valence-corrected chi connectivity index (χ4v) is 4.60. The van der Waals surface area contributed by atoms with Gasteiger partial charge in [0, 0.05) is 29.6 Å². The third-order valence-corrected chi connectivity index (χ3v) is 6.28. The molecule has 0 aliphatic heterocycles. The third kappa shape index (κ3) is 4.37. The maximum Gasteiger partial charge on any atom is 0.232 e. The molecule has 0 aliphatic carbocycles. The molecule has 0 saturated heterocycles. The highest BCUT2D eigenvalue weighted by Crippen LogP contribution is 2.32. The van der Waals surface area contributed by atoms with Crippen LogP contribution in [-0.2, 0) is 10.0 Å². The molecule has 0 saturated carbocycles. The highest BCUT2D eigenvalue weighted by molar-refractivity contribution is 7.92. The lowest BCUT2D eigenvalue weighted by Gasteiger charge is -2.21. The Balaban J connectivity index is 1.83. The van der Waals surface area contributed by atoms with Crippen molar-refractivity contribution < 1.29 is 13.5 Å². The topological polar surface area (TPSA) is 112 Å². The molecule has 0 radical (unpaired) electrons. The van der Waals surface area contributed by atoms with Gasteiger partial charge in [0.15, 0.2) is 5.88 Å². The van der Waals surface area contributed by atoms with Crippen LogP contribution in [-0.4, -0.2) is 43.6 Å². The summed E-state index contributed by atoms with van der Waals surface area (Å²) < 4.78 is 25.5. The predicted octanol–water partition coefficient (Wildman–Crippen LogP) is 3.77. The van der Waals surface area contributed by atoms with E-state index in [4.69, 9.17) is 10.7 Å². The normalized spacial score (nSPS) is 12.2. The van der Waals surface area contributed by atoms with E-state index in [0.29, 0.717) is 22.6 Å². The maximum atomic E-state index is 12.1. The van der Waals surface area contributed by atoms with Crippen LogP contribution in [0.1, 0.15) is 11.1 Å². The van der Waals surface area contributed by atoms with Gasteiger partial charge in [-0.2, -0.15) is 0 Å². The third-order valence-electron chi connectivity index (χ3n) is 5.08. The minimum absolute atomic E-state index is 0.0385. The summed E-state index contributed by atoms with van der Waals surface area (Å²) in [5.74, 6) is 0.0385. The molecule has 8 heteroatoms. The van der Waals surface area contributed by atoms with E-state index in [9.17, 15) is 13.5 Å². The lowest BCUT2D eigenvalue weighted by Crippen LogP contribution is -2.34. The van der Waals surface area contributed by atoms with Crippen molar-refractivity contribution in [1.82, 2.24) is 4.98 Å². The van der Waals surface area contributed by atoms with Gasteiger partial charge in [0.2, 0.25) is 10.0 Å². The molecule has 4 aromatic rings. The zero-order chi connectivity index (χ0) is 22.7. The van der Waals surface area contributed by atoms with Crippen LogP contribution in [0.4, 0.5) is 11.4 Å². The molecule has 32 heavy (non-hydrogen) atoms. The number of hydrogen-bond donors (Lipinski definition) is 3. The van der Waals surface area contributed by atoms with Crippen molar-refractivity contribution in [3.63, 3.8) is 0 Å². The smallest absolute Gasteiger partial charge is 0.232 e. The molecule has 164 valence electrons. The number of hydrogen-bond acceptors (Lipinski definition) is 5. The van der Waals surface area contributed by atoms with Gasteiger partial charge in [0.1, 0.15) is 0 Å². The fraction of sp³-hybridized carbons (Fsp3) is 0.125. The van der Waals surface area contributed by atoms with Crippen molar-refractivity contribution in [3.8, 4) is 5.88 Å². The van der Waals surface area contributed by atoms with Crippen LogP contribution in [0.5, 0.6) is 5.88 Å². The van der Waals surface area contributed by atoms with Gasteiger partial charge in [0.25, 0.3) is 0 Å². The van der Waals surface area contributed by atoms with Gasteiger partial charge in [-0.3, -0.25) is 4.31 Å². The number of nitrogens with zero attached hydrogens (tertiary/aromatic N) is 2. The van der Waals surface area contributed by atoms with Crippen molar-refractivity contribution in [3.05, 3.63) is 90.0 Å². The summed E-state index contributed by atoms with van der Waals surface area (Å²) in [5.41, 5.74) is 9.60. The van der Waals surface area contributed by atoms with E-state index in [-0.39, 0.29) is 19.0 Å². The Hall–Kier alpha value is -3.62. The Morgan fingerprint density at radius 3 is 2.31 bits per heavy atom. The predicted molar refractivity (Wildman–Crippen MR) is 129 cm³/mol. The van der Waals surface area contributed by atoms with Gasteiger partial charge in [-0.05, 0) is 30.3 Å². The number of rotatable bonds is 7. The van der Waals surface area contributed by atoms with Crippen molar-refractivity contribution in [2.45, 2.75) is 0 Å². The molecule has 1 aromatic heterocycles. The Morgan fingerprint density at radius 2 is 1.66 bits per heavy atom. The lowest BCUT2D eigenvalue weighted by molar-refractivity contribution is 0.457. The number of aromatic hydroxyl groups is 1. The number of aliphatic imine (C=N–C) groups is 1. The van der Waals surface area contributed by atoms with Gasteiger partial charge in [0.05, 0.1) is 28.9 Å². The Morgan fingerprint density at radius 1 is 1.00 bits per heavy atom. The highest BCUT2D eigenvalue weighted by Gasteiger charge is 2.19. The Bertz CT molecular complexity index is 1360. The summed E-state index contributed by atoms with van der Waals surface area (Å²) in [6.07, 6.45) is 1.15. The maximum absolute atomic E-state index is 12.1. The minimum Gasteiger partial charge on any atom is -0.494 e. The summed E-state index contributed by atoms with van der Waals surface area (Å²) in [4.78, 5) is 7.84. The number of para-hydroxylation sites is 1. The van der Waals surface area contributed by atoms with Crippen molar-refractivity contribution in [2.24, 2.45) is 10.7 Å². The first-order valence-corrected chi connectivity index (χ1v) is 12.0. The van der Waals surface area contributed by atoms with Gasteiger partial charge in [-0.25, -0.2) is 13.4 Å². The molecule has 1 heterocycles. The molecule has 3 aromatic carbocycles. The van der Waals surface area contributed by atoms with Crippen LogP contribution in [0.15, 0.2) is 83.9 Å². The second-order valence-electron chi connectivity index (χ2n) is 7.36. The molecule has 4 rings (SSSR count). The number of anilines is 1. The molecular formula is C24H24N4O3S. The molecular weight excluding hydrogens is 424 g/mol. The first-order valence-electron chi connectivity index (χ1n) is 10.1. The van der Waals surface area contributed by atoms with E-state index in [1.165, 1.54) is 4.31 Å². The molecule has 0 atom stereocenters. The largest absolute Gasteiger partial charge is 0.494 e. The van der Waals surface area contributed by atoms with Crippen LogP contribution in [0.3, 0.4) is 0 Å². The number of benzene rings is 3. The zero-order valence-electron chi connectivity index (χ0n) is 17.6. The SMILES string of the molecule is CS(=O)(=O)N(CCN)c1ccc(N=C(c2ccccc2)c2c(O)[nH]c3ccccc23)cc1. The second kappa shape index (κ2) is 8.86. The average molecular weight is 449 g/mol. The monoisotopic (exact) mass is 448 g/mol. The van der Waals surface area contributed by atoms with Crippen LogP contribution in [0, 0.1) is 0 Å². The van der Waals surface area contributed by atoms with Gasteiger partial charge >= 0.3 is 0 Å². The molecule has 0 amide bonds. The number of fused-ring (bicyclic) bond motifs is 1. The van der Waals surface area contributed by atoms with Crippen LogP contribution < -0.4 is 10.0 Å². The number of sulfonamides is 1. The number of H-pyrrole nitrogens is 1. The van der Waals surface area contributed by atoms with Crippen molar-refractivity contribution in [2.75, 3.05) is 23.7 Å².